The molecule has 0 unspecified atom stereocenters. The molecule has 0 aromatic carbocycles. The van der Waals surface area contributed by atoms with Gasteiger partial charge in [0.15, 0.2) is 5.82 Å². The van der Waals surface area contributed by atoms with Gasteiger partial charge in [-0.3, -0.25) is 9.59 Å². The van der Waals surface area contributed by atoms with Crippen molar-refractivity contribution in [2.24, 2.45) is 11.8 Å². The van der Waals surface area contributed by atoms with Crippen LogP contribution < -0.4 is 5.32 Å². The number of carbonyl (C=O) groups is 2. The molecule has 0 saturated heterocycles. The molecule has 1 fully saturated rings. The Bertz CT molecular complexity index is 774. The molecule has 0 aliphatic heterocycles. The minimum atomic E-state index is -0.761. The lowest BCUT2D eigenvalue weighted by molar-refractivity contribution is -0.143. The number of hydrogen-bond donors (Lipinski definition) is 2. The lowest BCUT2D eigenvalue weighted by atomic mass is 9.81. The number of nitrogens with zero attached hydrogens (tertiary/aromatic N) is 3. The van der Waals surface area contributed by atoms with Crippen molar-refractivity contribution in [1.82, 2.24) is 14.8 Å². The van der Waals surface area contributed by atoms with E-state index >= 15 is 0 Å². The molecule has 0 atom stereocenters. The van der Waals surface area contributed by atoms with E-state index in [1.807, 2.05) is 26.0 Å². The molecule has 1 amide bonds. The lowest BCUT2D eigenvalue weighted by Crippen LogP contribution is -2.29. The molecular weight excluding hydrogens is 320 g/mol. The summed E-state index contributed by atoms with van der Waals surface area (Å²) in [7, 11) is 0. The Hall–Kier alpha value is -2.70. The number of carboxylic acids is 1. The first-order chi connectivity index (χ1) is 11.9. The number of carboxylic acid groups (broad SMARTS) is 1. The van der Waals surface area contributed by atoms with E-state index in [2.05, 4.69) is 15.4 Å². The third-order valence-corrected chi connectivity index (χ3v) is 4.69. The van der Waals surface area contributed by atoms with Crippen LogP contribution in [0.25, 0.3) is 5.82 Å². The number of hydrogen-bond acceptors (Lipinski definition) is 4. The second-order valence-corrected chi connectivity index (χ2v) is 6.62. The summed E-state index contributed by atoms with van der Waals surface area (Å²) in [6.07, 6.45) is 3.96. The zero-order valence-electron chi connectivity index (χ0n) is 14.4. The van der Waals surface area contributed by atoms with Gasteiger partial charge in [-0.05, 0) is 57.7 Å². The highest BCUT2D eigenvalue weighted by Crippen LogP contribution is 2.29. The quantitative estimate of drug-likeness (QED) is 0.890. The van der Waals surface area contributed by atoms with Gasteiger partial charge in [-0.1, -0.05) is 0 Å². The third-order valence-electron chi connectivity index (χ3n) is 4.69. The number of rotatable bonds is 4. The molecule has 2 aromatic heterocycles. The maximum absolute atomic E-state index is 12.4. The molecule has 2 N–H and O–H groups in total. The van der Waals surface area contributed by atoms with Crippen LogP contribution in [0.4, 0.5) is 5.69 Å². The molecule has 2 aromatic rings. The average Bonchev–Trinajstić information content (AvgIpc) is 2.94. The van der Waals surface area contributed by atoms with Gasteiger partial charge in [0, 0.05) is 11.6 Å². The number of carbonyl (C=O) groups excluding carboxylic acids is 1. The second-order valence-electron chi connectivity index (χ2n) is 6.62. The van der Waals surface area contributed by atoms with Crippen molar-refractivity contribution in [2.75, 3.05) is 5.32 Å². The average molecular weight is 342 g/mol. The Morgan fingerprint density at radius 3 is 2.36 bits per heavy atom. The van der Waals surface area contributed by atoms with E-state index in [9.17, 15) is 9.59 Å². The third kappa shape index (κ3) is 3.87. The Kier molecular flexibility index (Phi) is 4.83. The number of anilines is 1. The van der Waals surface area contributed by atoms with E-state index in [1.165, 1.54) is 0 Å². The van der Waals surface area contributed by atoms with Crippen molar-refractivity contribution in [2.45, 2.75) is 39.5 Å². The van der Waals surface area contributed by atoms with Crippen LogP contribution >= 0.6 is 0 Å². The summed E-state index contributed by atoms with van der Waals surface area (Å²) < 4.78 is 1.76. The number of aliphatic carboxylic acids is 1. The van der Waals surface area contributed by atoms with Crippen molar-refractivity contribution in [1.29, 1.82) is 0 Å². The SMILES string of the molecule is Cc1cc(C)n(-c2ccc(NC(=O)C3CCC(C(=O)O)CC3)cn2)n1. The highest BCUT2D eigenvalue weighted by molar-refractivity contribution is 5.92. The van der Waals surface area contributed by atoms with Crippen molar-refractivity contribution >= 4 is 17.6 Å². The molecule has 2 heterocycles. The first kappa shape index (κ1) is 17.1. The molecule has 1 aliphatic rings. The summed E-state index contributed by atoms with van der Waals surface area (Å²) >= 11 is 0. The van der Waals surface area contributed by atoms with E-state index in [-0.39, 0.29) is 17.7 Å². The predicted octanol–water partition coefficient (Wildman–Crippen LogP) is 2.71. The first-order valence-corrected chi connectivity index (χ1v) is 8.47. The molecule has 25 heavy (non-hydrogen) atoms. The van der Waals surface area contributed by atoms with Crippen LogP contribution in [0, 0.1) is 25.7 Å². The molecule has 1 saturated carbocycles. The fourth-order valence-corrected chi connectivity index (χ4v) is 3.29. The Morgan fingerprint density at radius 1 is 1.16 bits per heavy atom. The Labute approximate surface area is 146 Å². The van der Waals surface area contributed by atoms with Gasteiger partial charge in [0.05, 0.1) is 23.5 Å². The van der Waals surface area contributed by atoms with E-state index in [1.54, 1.807) is 16.9 Å². The molecule has 0 bridgehead atoms. The maximum Gasteiger partial charge on any atom is 0.306 e. The maximum atomic E-state index is 12.4. The smallest absolute Gasteiger partial charge is 0.306 e. The fraction of sp³-hybridized carbons (Fsp3) is 0.444. The molecule has 7 heteroatoms. The minimum absolute atomic E-state index is 0.0653. The van der Waals surface area contributed by atoms with Crippen LogP contribution in [0.3, 0.4) is 0 Å². The van der Waals surface area contributed by atoms with Gasteiger partial charge >= 0.3 is 5.97 Å². The molecule has 132 valence electrons. The summed E-state index contributed by atoms with van der Waals surface area (Å²) in [5.74, 6) is -0.574. The van der Waals surface area contributed by atoms with Crippen LogP contribution in [0.15, 0.2) is 24.4 Å². The predicted molar refractivity (Wildman–Crippen MR) is 92.5 cm³/mol. The van der Waals surface area contributed by atoms with Gasteiger partial charge in [-0.15, -0.1) is 0 Å². The van der Waals surface area contributed by atoms with E-state index < -0.39 is 5.97 Å². The second kappa shape index (κ2) is 7.04. The van der Waals surface area contributed by atoms with E-state index in [4.69, 9.17) is 5.11 Å². The topological polar surface area (TPSA) is 97.1 Å². The largest absolute Gasteiger partial charge is 0.481 e. The van der Waals surface area contributed by atoms with Gasteiger partial charge in [0.1, 0.15) is 0 Å². The molecule has 0 spiro atoms. The Morgan fingerprint density at radius 2 is 1.84 bits per heavy atom. The zero-order chi connectivity index (χ0) is 18.0. The van der Waals surface area contributed by atoms with Gasteiger partial charge in [0.2, 0.25) is 5.91 Å². The number of aryl methyl sites for hydroxylation is 2. The summed E-state index contributed by atoms with van der Waals surface area (Å²) in [6, 6.07) is 5.60. The van der Waals surface area contributed by atoms with Crippen molar-refractivity contribution in [3.63, 3.8) is 0 Å². The van der Waals surface area contributed by atoms with Crippen LogP contribution in [-0.2, 0) is 9.59 Å². The van der Waals surface area contributed by atoms with Gasteiger partial charge in [-0.2, -0.15) is 5.10 Å². The fourth-order valence-electron chi connectivity index (χ4n) is 3.29. The zero-order valence-corrected chi connectivity index (χ0v) is 14.4. The van der Waals surface area contributed by atoms with Crippen molar-refractivity contribution in [3.8, 4) is 5.82 Å². The van der Waals surface area contributed by atoms with Crippen molar-refractivity contribution < 1.29 is 14.7 Å². The van der Waals surface area contributed by atoms with E-state index in [0.717, 1.165) is 11.4 Å². The van der Waals surface area contributed by atoms with Crippen LogP contribution in [0.5, 0.6) is 0 Å². The first-order valence-electron chi connectivity index (χ1n) is 8.47. The number of aromatic nitrogens is 3. The summed E-state index contributed by atoms with van der Waals surface area (Å²) in [5.41, 5.74) is 2.56. The molecular formula is C18H22N4O3. The highest BCUT2D eigenvalue weighted by Gasteiger charge is 2.29. The van der Waals surface area contributed by atoms with Crippen molar-refractivity contribution in [3.05, 3.63) is 35.8 Å². The monoisotopic (exact) mass is 342 g/mol. The van der Waals surface area contributed by atoms with E-state index in [0.29, 0.717) is 37.2 Å². The molecule has 3 rings (SSSR count). The number of nitrogens with one attached hydrogen (secondary N) is 1. The van der Waals surface area contributed by atoms with Crippen LogP contribution in [0.1, 0.15) is 37.1 Å². The summed E-state index contributed by atoms with van der Waals surface area (Å²) in [4.78, 5) is 27.7. The Balaban J connectivity index is 1.61. The minimum Gasteiger partial charge on any atom is -0.481 e. The van der Waals surface area contributed by atoms with Crippen LogP contribution in [-0.4, -0.2) is 31.7 Å². The number of amides is 1. The normalized spacial score (nSPS) is 20.2. The highest BCUT2D eigenvalue weighted by atomic mass is 16.4. The molecule has 0 radical (unpaired) electrons. The number of pyridine rings is 1. The summed E-state index contributed by atoms with van der Waals surface area (Å²) in [6.45, 7) is 3.89. The van der Waals surface area contributed by atoms with Gasteiger partial charge < -0.3 is 10.4 Å². The molecule has 1 aliphatic carbocycles. The molecule has 7 nitrogen and oxygen atoms in total. The standard InChI is InChI=1S/C18H22N4O3/c1-11-9-12(2)22(21-11)16-8-7-15(10-19-16)20-17(23)13-3-5-14(6-4-13)18(24)25/h7-10,13-14H,3-6H2,1-2H3,(H,20,23)(H,24,25). The summed E-state index contributed by atoms with van der Waals surface area (Å²) in [5, 5.41) is 16.3. The van der Waals surface area contributed by atoms with Crippen LogP contribution in [0.2, 0.25) is 0 Å². The van der Waals surface area contributed by atoms with Gasteiger partial charge in [-0.25, -0.2) is 9.67 Å². The van der Waals surface area contributed by atoms with Gasteiger partial charge in [0.25, 0.3) is 0 Å². The lowest BCUT2D eigenvalue weighted by Gasteiger charge is -2.25.